The molecule has 1 heterocycles. The van der Waals surface area contributed by atoms with Gasteiger partial charge in [0.15, 0.2) is 22.3 Å². The minimum Gasteiger partial charge on any atom is -0.493 e. The monoisotopic (exact) mass is 376 g/mol. The zero-order valence-electron chi connectivity index (χ0n) is 12.2. The first-order chi connectivity index (χ1) is 11.4. The van der Waals surface area contributed by atoms with Gasteiger partial charge < -0.3 is 14.6 Å². The van der Waals surface area contributed by atoms with Crippen LogP contribution in [0.15, 0.2) is 29.6 Å². The maximum atomic E-state index is 12.3. The highest BCUT2D eigenvalue weighted by molar-refractivity contribution is 7.98. The number of nitrogens with zero attached hydrogens (tertiary/aromatic N) is 2. The van der Waals surface area contributed by atoms with Crippen molar-refractivity contribution in [2.75, 3.05) is 7.11 Å². The summed E-state index contributed by atoms with van der Waals surface area (Å²) in [6.07, 6.45) is 1.21. The third-order valence-corrected chi connectivity index (χ3v) is 3.95. The van der Waals surface area contributed by atoms with Crippen molar-refractivity contribution in [1.29, 1.82) is 0 Å². The number of ether oxygens (including phenoxy) is 2. The van der Waals surface area contributed by atoms with E-state index in [1.54, 1.807) is 12.1 Å². The number of methoxy groups -OCH3 is 1. The van der Waals surface area contributed by atoms with Crippen LogP contribution in [0.2, 0.25) is 5.02 Å². The number of alkyl halides is 2. The number of thioether (sulfide) groups is 1. The van der Waals surface area contributed by atoms with Crippen molar-refractivity contribution < 1.29 is 28.2 Å². The van der Waals surface area contributed by atoms with Gasteiger partial charge in [-0.15, -0.1) is 0 Å². The fourth-order valence-electron chi connectivity index (χ4n) is 1.71. The van der Waals surface area contributed by atoms with E-state index in [0.29, 0.717) is 5.75 Å². The average molecular weight is 377 g/mol. The molecule has 0 unspecified atom stereocenters. The van der Waals surface area contributed by atoms with E-state index >= 15 is 0 Å². The first-order valence-corrected chi connectivity index (χ1v) is 7.77. The second-order valence-corrected chi connectivity index (χ2v) is 5.66. The van der Waals surface area contributed by atoms with Gasteiger partial charge in [0.05, 0.1) is 18.3 Å². The van der Waals surface area contributed by atoms with Crippen molar-refractivity contribution in [2.45, 2.75) is 17.5 Å². The van der Waals surface area contributed by atoms with Crippen LogP contribution in [0.3, 0.4) is 0 Å². The van der Waals surface area contributed by atoms with Crippen LogP contribution in [-0.4, -0.2) is 34.8 Å². The largest absolute Gasteiger partial charge is 0.493 e. The van der Waals surface area contributed by atoms with Crippen LogP contribution in [-0.2, 0) is 5.75 Å². The number of carboxylic acids is 1. The Morgan fingerprint density at radius 2 is 2.17 bits per heavy atom. The molecule has 0 aliphatic carbocycles. The molecule has 1 aromatic carbocycles. The predicted octanol–water partition coefficient (Wildman–Crippen LogP) is 3.73. The van der Waals surface area contributed by atoms with Crippen LogP contribution < -0.4 is 9.47 Å². The topological polar surface area (TPSA) is 81.5 Å². The predicted molar refractivity (Wildman–Crippen MR) is 83.2 cm³/mol. The van der Waals surface area contributed by atoms with Gasteiger partial charge >= 0.3 is 12.6 Å². The van der Waals surface area contributed by atoms with E-state index < -0.39 is 12.6 Å². The van der Waals surface area contributed by atoms with Gasteiger partial charge in [0.2, 0.25) is 0 Å². The van der Waals surface area contributed by atoms with Crippen LogP contribution in [0.5, 0.6) is 11.5 Å². The summed E-state index contributed by atoms with van der Waals surface area (Å²) in [6.45, 7) is -2.95. The van der Waals surface area contributed by atoms with Gasteiger partial charge in [-0.05, 0) is 17.7 Å². The van der Waals surface area contributed by atoms with Gasteiger partial charge in [-0.25, -0.2) is 14.8 Å². The van der Waals surface area contributed by atoms with Gasteiger partial charge in [-0.1, -0.05) is 29.4 Å². The minimum absolute atomic E-state index is 0.0537. The highest BCUT2D eigenvalue weighted by Gasteiger charge is 2.14. The maximum absolute atomic E-state index is 12.3. The number of benzene rings is 1. The molecule has 0 bridgehead atoms. The molecule has 2 aromatic rings. The number of carboxylic acid groups (broad SMARTS) is 1. The van der Waals surface area contributed by atoms with Crippen molar-refractivity contribution >= 4 is 29.3 Å². The van der Waals surface area contributed by atoms with Gasteiger partial charge in [0, 0.05) is 5.75 Å². The Bertz CT molecular complexity index is 749. The van der Waals surface area contributed by atoms with Crippen molar-refractivity contribution in [2.24, 2.45) is 0 Å². The van der Waals surface area contributed by atoms with E-state index in [2.05, 4.69) is 14.7 Å². The molecule has 1 N–H and O–H groups in total. The summed E-state index contributed by atoms with van der Waals surface area (Å²) in [5, 5.41) is 9.14. The number of carbonyl (C=O) groups is 1. The molecule has 128 valence electrons. The highest BCUT2D eigenvalue weighted by Crippen LogP contribution is 2.31. The van der Waals surface area contributed by atoms with E-state index in [1.807, 2.05) is 0 Å². The molecule has 0 saturated carbocycles. The molecule has 0 saturated heterocycles. The van der Waals surface area contributed by atoms with E-state index in [4.69, 9.17) is 21.4 Å². The summed E-state index contributed by atoms with van der Waals surface area (Å²) >= 11 is 6.86. The van der Waals surface area contributed by atoms with Crippen molar-refractivity contribution in [3.63, 3.8) is 0 Å². The summed E-state index contributed by atoms with van der Waals surface area (Å²) in [5.74, 6) is -0.792. The number of rotatable bonds is 7. The smallest absolute Gasteiger partial charge is 0.387 e. The molecule has 0 radical (unpaired) electrons. The lowest BCUT2D eigenvalue weighted by atomic mass is 10.2. The van der Waals surface area contributed by atoms with E-state index in [1.165, 1.54) is 19.4 Å². The van der Waals surface area contributed by atoms with Crippen molar-refractivity contribution in [3.05, 3.63) is 40.7 Å². The zero-order chi connectivity index (χ0) is 17.7. The van der Waals surface area contributed by atoms with Crippen LogP contribution in [0, 0.1) is 0 Å². The number of hydrogen-bond acceptors (Lipinski definition) is 6. The molecule has 0 aliphatic rings. The van der Waals surface area contributed by atoms with Crippen molar-refractivity contribution in [3.8, 4) is 11.5 Å². The van der Waals surface area contributed by atoms with Gasteiger partial charge in [0.25, 0.3) is 0 Å². The molecule has 6 nitrogen and oxygen atoms in total. The summed E-state index contributed by atoms with van der Waals surface area (Å²) < 4.78 is 33.9. The molecular formula is C14H11ClF2N2O4S. The van der Waals surface area contributed by atoms with Crippen LogP contribution >= 0.6 is 23.4 Å². The van der Waals surface area contributed by atoms with Crippen LogP contribution in [0.4, 0.5) is 8.78 Å². The van der Waals surface area contributed by atoms with E-state index in [-0.39, 0.29) is 27.4 Å². The Morgan fingerprint density at radius 3 is 2.79 bits per heavy atom. The highest BCUT2D eigenvalue weighted by atomic mass is 35.5. The molecule has 0 atom stereocenters. The summed E-state index contributed by atoms with van der Waals surface area (Å²) in [4.78, 5) is 18.8. The lowest BCUT2D eigenvalue weighted by Crippen LogP contribution is -2.04. The molecule has 0 fully saturated rings. The summed E-state index contributed by atoms with van der Waals surface area (Å²) in [7, 11) is 1.34. The SMILES string of the molecule is COc1cc(CSc2ncc(Cl)c(C(=O)O)n2)ccc1OC(F)F. The molecule has 1 aromatic heterocycles. The summed E-state index contributed by atoms with van der Waals surface area (Å²) in [6, 6.07) is 4.49. The lowest BCUT2D eigenvalue weighted by molar-refractivity contribution is -0.0512. The Labute approximate surface area is 144 Å². The Hall–Kier alpha value is -2.13. The molecule has 0 amide bonds. The molecule has 10 heteroatoms. The third kappa shape index (κ3) is 4.68. The molecule has 24 heavy (non-hydrogen) atoms. The number of aromatic carboxylic acids is 1. The van der Waals surface area contributed by atoms with Crippen molar-refractivity contribution in [1.82, 2.24) is 9.97 Å². The Morgan fingerprint density at radius 1 is 1.42 bits per heavy atom. The number of hydrogen-bond donors (Lipinski definition) is 1. The molecule has 0 spiro atoms. The second-order valence-electron chi connectivity index (χ2n) is 4.31. The third-order valence-electron chi connectivity index (χ3n) is 2.74. The van der Waals surface area contributed by atoms with E-state index in [9.17, 15) is 13.6 Å². The standard InChI is InChI=1S/C14H11ClF2N2O4S/c1-22-10-4-7(2-3-9(10)23-13(16)17)6-24-14-18-5-8(15)11(19-14)12(20)21/h2-5,13H,6H2,1H3,(H,20,21). The van der Waals surface area contributed by atoms with Crippen LogP contribution in [0.1, 0.15) is 16.1 Å². The molecule has 0 aliphatic heterocycles. The van der Waals surface area contributed by atoms with Gasteiger partial charge in [-0.3, -0.25) is 0 Å². The maximum Gasteiger partial charge on any atom is 0.387 e. The number of aromatic nitrogens is 2. The molecule has 2 rings (SSSR count). The fourth-order valence-corrected chi connectivity index (χ4v) is 2.64. The normalized spacial score (nSPS) is 10.7. The second kappa shape index (κ2) is 8.11. The van der Waals surface area contributed by atoms with E-state index in [0.717, 1.165) is 17.3 Å². The quantitative estimate of drug-likeness (QED) is 0.582. The first-order valence-electron chi connectivity index (χ1n) is 6.41. The Kier molecular flexibility index (Phi) is 6.16. The fraction of sp³-hybridized carbons (Fsp3) is 0.214. The minimum atomic E-state index is -2.95. The lowest BCUT2D eigenvalue weighted by Gasteiger charge is -2.11. The van der Waals surface area contributed by atoms with Gasteiger partial charge in [0.1, 0.15) is 0 Å². The van der Waals surface area contributed by atoms with Crippen LogP contribution in [0.25, 0.3) is 0 Å². The first kappa shape index (κ1) is 18.2. The molecular weight excluding hydrogens is 366 g/mol. The zero-order valence-corrected chi connectivity index (χ0v) is 13.8. The number of halogens is 3. The average Bonchev–Trinajstić information content (AvgIpc) is 2.54. The Balaban J connectivity index is 2.12. The summed E-state index contributed by atoms with van der Waals surface area (Å²) in [5.41, 5.74) is 0.446. The van der Waals surface area contributed by atoms with Gasteiger partial charge in [-0.2, -0.15) is 8.78 Å².